The highest BCUT2D eigenvalue weighted by Crippen LogP contribution is 2.69. The monoisotopic (exact) mass is 586 g/mol. The maximum absolute atomic E-state index is 14.0. The second-order valence-corrected chi connectivity index (χ2v) is 19.7. The van der Waals surface area contributed by atoms with E-state index >= 15 is 0 Å². The molecule has 8 atom stereocenters. The number of allylic oxidation sites excluding steroid dienone is 4. The maximum Gasteiger partial charge on any atom is 0.306 e. The fourth-order valence-corrected chi connectivity index (χ4v) is 9.94. The summed E-state index contributed by atoms with van der Waals surface area (Å²) in [5.74, 6) is -0.666. The molecule has 3 fully saturated rings. The Bertz CT molecular complexity index is 1180. The van der Waals surface area contributed by atoms with E-state index in [1.165, 1.54) is 12.5 Å². The van der Waals surface area contributed by atoms with Crippen LogP contribution in [-0.4, -0.2) is 50.1 Å². The van der Waals surface area contributed by atoms with Crippen molar-refractivity contribution in [1.29, 1.82) is 0 Å². The van der Waals surface area contributed by atoms with Crippen molar-refractivity contribution in [2.75, 3.05) is 6.61 Å². The predicted molar refractivity (Wildman–Crippen MR) is 159 cm³/mol. The summed E-state index contributed by atoms with van der Waals surface area (Å²) in [5, 5.41) is -0.0350. The highest BCUT2D eigenvalue weighted by molar-refractivity contribution is 6.74. The predicted octanol–water partition coefficient (Wildman–Crippen LogP) is 6.36. The van der Waals surface area contributed by atoms with Crippen LogP contribution in [-0.2, 0) is 33.1 Å². The summed E-state index contributed by atoms with van der Waals surface area (Å²) in [6, 6.07) is 0. The van der Waals surface area contributed by atoms with Gasteiger partial charge in [-0.2, -0.15) is 0 Å². The first-order valence-corrected chi connectivity index (χ1v) is 18.3. The molecule has 0 aromatic rings. The van der Waals surface area contributed by atoms with Gasteiger partial charge in [0.15, 0.2) is 26.3 Å². The Balaban J connectivity index is 1.88. The minimum absolute atomic E-state index is 0.0349. The van der Waals surface area contributed by atoms with Gasteiger partial charge in [-0.25, -0.2) is 0 Å². The molecule has 4 rings (SSSR count). The van der Waals surface area contributed by atoms with Crippen LogP contribution in [0.3, 0.4) is 0 Å². The lowest BCUT2D eigenvalue weighted by molar-refractivity contribution is -0.200. The van der Waals surface area contributed by atoms with Crippen LogP contribution < -0.4 is 0 Å². The molecule has 228 valence electrons. The third-order valence-electron chi connectivity index (χ3n) is 11.6. The number of fused-ring (bicyclic) bond motifs is 5. The lowest BCUT2D eigenvalue weighted by atomic mass is 9.44. The van der Waals surface area contributed by atoms with Crippen LogP contribution in [0.1, 0.15) is 87.5 Å². The molecule has 41 heavy (non-hydrogen) atoms. The largest absolute Gasteiger partial charge is 0.458 e. The first-order valence-electron chi connectivity index (χ1n) is 15.3. The summed E-state index contributed by atoms with van der Waals surface area (Å²) in [7, 11) is -2.28. The van der Waals surface area contributed by atoms with E-state index in [1.54, 1.807) is 13.0 Å². The lowest BCUT2D eigenvalue weighted by Gasteiger charge is -2.63. The molecule has 0 aromatic heterocycles. The van der Waals surface area contributed by atoms with Crippen LogP contribution in [0.15, 0.2) is 23.8 Å². The molecule has 0 aliphatic heterocycles. The highest BCUT2D eigenvalue weighted by atomic mass is 28.4. The van der Waals surface area contributed by atoms with Crippen LogP contribution in [0, 0.1) is 34.5 Å². The summed E-state index contributed by atoms with van der Waals surface area (Å²) < 4.78 is 18.7. The van der Waals surface area contributed by atoms with Crippen LogP contribution >= 0.6 is 0 Å². The van der Waals surface area contributed by atoms with Crippen molar-refractivity contribution in [3.05, 3.63) is 23.8 Å². The van der Waals surface area contributed by atoms with E-state index in [4.69, 9.17) is 13.9 Å². The molecule has 0 N–H and O–H groups in total. The number of Topliss-reactive ketones (excluding diaryl/α,β-unsaturated/α-hetero) is 1. The number of ether oxygens (including phenoxy) is 2. The summed E-state index contributed by atoms with van der Waals surface area (Å²) >= 11 is 0. The zero-order chi connectivity index (χ0) is 30.8. The Labute approximate surface area is 247 Å². The van der Waals surface area contributed by atoms with Gasteiger partial charge in [-0.3, -0.25) is 19.2 Å². The van der Waals surface area contributed by atoms with E-state index in [9.17, 15) is 19.2 Å². The second-order valence-electron chi connectivity index (χ2n) is 15.0. The molecular weight excluding hydrogens is 536 g/mol. The van der Waals surface area contributed by atoms with Crippen molar-refractivity contribution in [3.63, 3.8) is 0 Å². The summed E-state index contributed by atoms with van der Waals surface area (Å²) in [5.41, 5.74) is -1.27. The maximum atomic E-state index is 14.0. The summed E-state index contributed by atoms with van der Waals surface area (Å²) in [6.07, 6.45) is 8.16. The van der Waals surface area contributed by atoms with Crippen molar-refractivity contribution in [3.8, 4) is 0 Å². The van der Waals surface area contributed by atoms with Gasteiger partial charge in [-0.15, -0.1) is 0 Å². The third kappa shape index (κ3) is 5.11. The number of hydrogen-bond donors (Lipinski definition) is 0. The Kier molecular flexibility index (Phi) is 8.22. The van der Waals surface area contributed by atoms with Crippen molar-refractivity contribution in [1.82, 2.24) is 0 Å². The quantitative estimate of drug-likeness (QED) is 0.253. The smallest absolute Gasteiger partial charge is 0.306 e. The normalized spacial score (nSPS) is 38.3. The van der Waals surface area contributed by atoms with Gasteiger partial charge >= 0.3 is 11.9 Å². The topological polar surface area (TPSA) is 96.0 Å². The molecule has 0 radical (unpaired) electrons. The van der Waals surface area contributed by atoms with Crippen molar-refractivity contribution in [2.24, 2.45) is 34.5 Å². The van der Waals surface area contributed by atoms with Crippen LogP contribution in [0.5, 0.6) is 0 Å². The first-order chi connectivity index (χ1) is 18.8. The van der Waals surface area contributed by atoms with Gasteiger partial charge < -0.3 is 13.9 Å². The van der Waals surface area contributed by atoms with Crippen LogP contribution in [0.4, 0.5) is 0 Å². The average Bonchev–Trinajstić information content (AvgIpc) is 3.14. The molecule has 0 heterocycles. The Morgan fingerprint density at radius 1 is 1.15 bits per heavy atom. The number of carbonyl (C=O) groups is 4. The fraction of sp³-hybridized carbons (Fsp3) is 0.758. The van der Waals surface area contributed by atoms with Crippen molar-refractivity contribution in [2.45, 2.75) is 117 Å². The minimum Gasteiger partial charge on any atom is -0.458 e. The van der Waals surface area contributed by atoms with Gasteiger partial charge in [0, 0.05) is 30.3 Å². The minimum atomic E-state index is -2.28. The molecule has 0 spiro atoms. The SMILES string of the molecule is CCC(=O)O[C@]1(C(=O)COC(C)=O)CC[C@H]2[C@@H]3C[C@H](C)C4=CC(=O)C=C[C@]4(C)[C@H]3[C@@H](O[Si](C)(C)C(C)(C)C)C[C@@]21C. The van der Waals surface area contributed by atoms with Gasteiger partial charge in [0.25, 0.3) is 0 Å². The average molecular weight is 587 g/mol. The molecule has 8 heteroatoms. The standard InChI is InChI=1S/C33H50O7Si/c1-11-28(37)39-33(27(36)19-38-21(3)34)15-13-24-23-16-20(2)25-17-22(35)12-14-31(25,7)29(23)26(18-32(24,33)8)40-41(9,10)30(4,5)6/h12,14,17,20,23-24,26,29H,11,13,15-16,18-19H2,1-10H3/t20-,23-,24-,26-,29+,31-,32-,33-/m0/s1. The van der Waals surface area contributed by atoms with E-state index in [0.717, 1.165) is 12.8 Å². The first kappa shape index (κ1) is 31.9. The number of rotatable bonds is 7. The molecule has 0 bridgehead atoms. The highest BCUT2D eigenvalue weighted by Gasteiger charge is 2.71. The Morgan fingerprint density at radius 2 is 1.80 bits per heavy atom. The van der Waals surface area contributed by atoms with E-state index in [1.807, 2.05) is 6.08 Å². The number of esters is 2. The van der Waals surface area contributed by atoms with Gasteiger partial charge in [-0.1, -0.05) is 60.1 Å². The van der Waals surface area contributed by atoms with Gasteiger partial charge in [0.1, 0.15) is 0 Å². The van der Waals surface area contributed by atoms with Gasteiger partial charge in [-0.05, 0) is 79.6 Å². The van der Waals surface area contributed by atoms with Crippen molar-refractivity contribution >= 4 is 31.8 Å². The van der Waals surface area contributed by atoms with E-state index < -0.39 is 37.9 Å². The van der Waals surface area contributed by atoms with Gasteiger partial charge in [0.05, 0.1) is 0 Å². The van der Waals surface area contributed by atoms with E-state index in [2.05, 4.69) is 60.7 Å². The molecular formula is C33H50O7Si. The Morgan fingerprint density at radius 3 is 2.39 bits per heavy atom. The lowest BCUT2D eigenvalue weighted by Crippen LogP contribution is -2.65. The zero-order valence-electron chi connectivity index (χ0n) is 26.7. The molecule has 7 nitrogen and oxygen atoms in total. The second kappa shape index (κ2) is 10.6. The summed E-state index contributed by atoms with van der Waals surface area (Å²) in [6.45, 7) is 20.4. The molecule has 3 saturated carbocycles. The molecule has 4 aliphatic rings. The molecule has 0 saturated heterocycles. The number of hydrogen-bond acceptors (Lipinski definition) is 7. The molecule has 4 aliphatic carbocycles. The zero-order valence-corrected chi connectivity index (χ0v) is 27.7. The van der Waals surface area contributed by atoms with E-state index in [-0.39, 0.29) is 58.2 Å². The molecule has 0 aromatic carbocycles. The number of carbonyl (C=O) groups excluding carboxylic acids is 4. The van der Waals surface area contributed by atoms with Crippen LogP contribution in [0.2, 0.25) is 18.1 Å². The number of ketones is 2. The molecule has 0 amide bonds. The van der Waals surface area contributed by atoms with Crippen LogP contribution in [0.25, 0.3) is 0 Å². The Hall–Kier alpha value is -2.06. The molecule has 0 unspecified atom stereocenters. The van der Waals surface area contributed by atoms with Crippen molar-refractivity contribution < 1.29 is 33.1 Å². The third-order valence-corrected chi connectivity index (χ3v) is 16.1. The fourth-order valence-electron chi connectivity index (χ4n) is 8.60. The van der Waals surface area contributed by atoms with Gasteiger partial charge in [0.2, 0.25) is 5.78 Å². The van der Waals surface area contributed by atoms with E-state index in [0.29, 0.717) is 12.8 Å². The summed E-state index contributed by atoms with van der Waals surface area (Å²) in [4.78, 5) is 51.2.